The molecule has 0 spiro atoms. The lowest BCUT2D eigenvalue weighted by atomic mass is 9.73. The molecule has 1 atom stereocenters. The molecule has 1 aliphatic heterocycles. The number of fused-ring (bicyclic) bond motifs is 1. The zero-order valence-electron chi connectivity index (χ0n) is 19.6. The number of rotatable bonds is 8. The standard InChI is InChI=1S/C28H29NO5/c1-27(2,21-7-5-4-6-8-21)18-28(32,16-19-9-12-23(33-3)13-10-19)26(31)29-22-11-14-24-20(15-22)17-34-25(24)30/h4-15,32H,16-18H2,1-3H3,(H,29,31). The van der Waals surface area contributed by atoms with Gasteiger partial charge in [-0.2, -0.15) is 0 Å². The van der Waals surface area contributed by atoms with Crippen molar-refractivity contribution in [3.05, 3.63) is 95.1 Å². The Morgan fingerprint density at radius 2 is 1.76 bits per heavy atom. The number of carbonyl (C=O) groups excluding carboxylic acids is 2. The summed E-state index contributed by atoms with van der Waals surface area (Å²) in [7, 11) is 1.59. The molecule has 34 heavy (non-hydrogen) atoms. The van der Waals surface area contributed by atoms with Crippen LogP contribution in [0.4, 0.5) is 5.69 Å². The summed E-state index contributed by atoms with van der Waals surface area (Å²) in [4.78, 5) is 25.3. The van der Waals surface area contributed by atoms with Crippen LogP contribution in [-0.2, 0) is 28.0 Å². The van der Waals surface area contributed by atoms with Crippen molar-refractivity contribution in [2.45, 2.75) is 44.3 Å². The molecule has 0 bridgehead atoms. The van der Waals surface area contributed by atoms with Crippen molar-refractivity contribution in [3.63, 3.8) is 0 Å². The molecule has 2 N–H and O–H groups in total. The van der Waals surface area contributed by atoms with Crippen molar-refractivity contribution in [2.75, 3.05) is 12.4 Å². The second kappa shape index (κ2) is 9.31. The summed E-state index contributed by atoms with van der Waals surface area (Å²) < 4.78 is 10.3. The highest BCUT2D eigenvalue weighted by atomic mass is 16.5. The number of cyclic esters (lactones) is 1. The molecule has 4 rings (SSSR count). The average molecular weight is 460 g/mol. The molecular formula is C28H29NO5. The number of ether oxygens (including phenoxy) is 2. The molecule has 0 saturated heterocycles. The number of methoxy groups -OCH3 is 1. The molecule has 1 amide bonds. The van der Waals surface area contributed by atoms with Gasteiger partial charge in [0.2, 0.25) is 0 Å². The first-order valence-corrected chi connectivity index (χ1v) is 11.2. The van der Waals surface area contributed by atoms with Crippen molar-refractivity contribution in [3.8, 4) is 5.75 Å². The number of aliphatic hydroxyl groups is 1. The van der Waals surface area contributed by atoms with E-state index in [2.05, 4.69) is 5.32 Å². The van der Waals surface area contributed by atoms with Gasteiger partial charge in [0, 0.05) is 17.7 Å². The van der Waals surface area contributed by atoms with Crippen LogP contribution in [0, 0.1) is 0 Å². The highest BCUT2D eigenvalue weighted by Gasteiger charge is 2.42. The van der Waals surface area contributed by atoms with E-state index in [0.717, 1.165) is 11.1 Å². The number of amides is 1. The van der Waals surface area contributed by atoms with Gasteiger partial charge < -0.3 is 19.9 Å². The summed E-state index contributed by atoms with van der Waals surface area (Å²) in [6.45, 7) is 4.22. The lowest BCUT2D eigenvalue weighted by molar-refractivity contribution is -0.136. The number of benzene rings is 3. The van der Waals surface area contributed by atoms with Gasteiger partial charge in [-0.15, -0.1) is 0 Å². The van der Waals surface area contributed by atoms with Crippen molar-refractivity contribution in [1.82, 2.24) is 0 Å². The predicted molar refractivity (Wildman–Crippen MR) is 130 cm³/mol. The van der Waals surface area contributed by atoms with Crippen LogP contribution in [0.1, 0.15) is 47.3 Å². The first kappa shape index (κ1) is 23.5. The number of hydrogen-bond donors (Lipinski definition) is 2. The number of carbonyl (C=O) groups is 2. The molecule has 3 aromatic rings. The van der Waals surface area contributed by atoms with Gasteiger partial charge in [-0.05, 0) is 53.3 Å². The van der Waals surface area contributed by atoms with Gasteiger partial charge in [0.1, 0.15) is 18.0 Å². The molecule has 6 nitrogen and oxygen atoms in total. The Morgan fingerprint density at radius 3 is 2.44 bits per heavy atom. The molecular weight excluding hydrogens is 430 g/mol. The van der Waals surface area contributed by atoms with Crippen LogP contribution in [0.25, 0.3) is 0 Å². The average Bonchev–Trinajstić information content (AvgIpc) is 3.19. The van der Waals surface area contributed by atoms with E-state index in [-0.39, 0.29) is 25.4 Å². The SMILES string of the molecule is COc1ccc(CC(O)(CC(C)(C)c2ccccc2)C(=O)Nc2ccc3c(c2)COC3=O)cc1. The minimum atomic E-state index is -1.70. The van der Waals surface area contributed by atoms with Gasteiger partial charge in [-0.25, -0.2) is 4.79 Å². The Labute approximate surface area is 199 Å². The Bertz CT molecular complexity index is 1190. The second-order valence-electron chi connectivity index (χ2n) is 9.39. The molecule has 3 aromatic carbocycles. The third-order valence-corrected chi connectivity index (χ3v) is 6.31. The van der Waals surface area contributed by atoms with E-state index < -0.39 is 16.9 Å². The lowest BCUT2D eigenvalue weighted by Crippen LogP contribution is -2.49. The van der Waals surface area contributed by atoms with Crippen molar-refractivity contribution in [2.24, 2.45) is 0 Å². The zero-order valence-corrected chi connectivity index (χ0v) is 19.6. The van der Waals surface area contributed by atoms with Crippen LogP contribution in [0.3, 0.4) is 0 Å². The number of nitrogens with one attached hydrogen (secondary N) is 1. The van der Waals surface area contributed by atoms with Crippen molar-refractivity contribution >= 4 is 17.6 Å². The van der Waals surface area contributed by atoms with E-state index in [4.69, 9.17) is 9.47 Å². The molecule has 1 aliphatic rings. The molecule has 0 fully saturated rings. The predicted octanol–water partition coefficient (Wildman–Crippen LogP) is 4.65. The molecule has 0 radical (unpaired) electrons. The van der Waals surface area contributed by atoms with Gasteiger partial charge in [0.25, 0.3) is 5.91 Å². The third kappa shape index (κ3) is 4.97. The van der Waals surface area contributed by atoms with E-state index in [1.54, 1.807) is 25.3 Å². The zero-order chi connectivity index (χ0) is 24.3. The molecule has 0 aromatic heterocycles. The normalized spacial score (nSPS) is 14.6. The monoisotopic (exact) mass is 459 g/mol. The van der Waals surface area contributed by atoms with E-state index in [0.29, 0.717) is 22.6 Å². The van der Waals surface area contributed by atoms with Crippen LogP contribution in [0.5, 0.6) is 5.75 Å². The molecule has 0 saturated carbocycles. The van der Waals surface area contributed by atoms with E-state index in [9.17, 15) is 14.7 Å². The van der Waals surface area contributed by atoms with Crippen LogP contribution in [0.15, 0.2) is 72.8 Å². The van der Waals surface area contributed by atoms with Crippen LogP contribution >= 0.6 is 0 Å². The third-order valence-electron chi connectivity index (χ3n) is 6.31. The summed E-state index contributed by atoms with van der Waals surface area (Å²) in [5, 5.41) is 14.7. The highest BCUT2D eigenvalue weighted by molar-refractivity contribution is 5.99. The minimum absolute atomic E-state index is 0.131. The Morgan fingerprint density at radius 1 is 1.06 bits per heavy atom. The van der Waals surface area contributed by atoms with Gasteiger partial charge in [0.15, 0.2) is 0 Å². The summed E-state index contributed by atoms with van der Waals surface area (Å²) in [6, 6.07) is 22.2. The smallest absolute Gasteiger partial charge is 0.338 e. The summed E-state index contributed by atoms with van der Waals surface area (Å²) in [6.07, 6.45) is 0.333. The van der Waals surface area contributed by atoms with Gasteiger partial charge in [0.05, 0.1) is 12.7 Å². The summed E-state index contributed by atoms with van der Waals surface area (Å²) in [5.74, 6) is -0.165. The minimum Gasteiger partial charge on any atom is -0.497 e. The maximum absolute atomic E-state index is 13.6. The highest BCUT2D eigenvalue weighted by Crippen LogP contribution is 2.35. The number of hydrogen-bond acceptors (Lipinski definition) is 5. The number of anilines is 1. The molecule has 176 valence electrons. The molecule has 0 aliphatic carbocycles. The first-order valence-electron chi connectivity index (χ1n) is 11.2. The van der Waals surface area contributed by atoms with Crippen LogP contribution in [-0.4, -0.2) is 29.7 Å². The molecule has 6 heteroatoms. The van der Waals surface area contributed by atoms with E-state index in [1.165, 1.54) is 0 Å². The fraction of sp³-hybridized carbons (Fsp3) is 0.286. The van der Waals surface area contributed by atoms with Crippen LogP contribution in [0.2, 0.25) is 0 Å². The van der Waals surface area contributed by atoms with Gasteiger partial charge >= 0.3 is 5.97 Å². The summed E-state index contributed by atoms with van der Waals surface area (Å²) in [5.41, 5.74) is 1.40. The lowest BCUT2D eigenvalue weighted by Gasteiger charge is -2.36. The quantitative estimate of drug-likeness (QED) is 0.479. The fourth-order valence-corrected chi connectivity index (χ4v) is 4.49. The van der Waals surface area contributed by atoms with Crippen molar-refractivity contribution in [1.29, 1.82) is 0 Å². The summed E-state index contributed by atoms with van der Waals surface area (Å²) >= 11 is 0. The Hall–Kier alpha value is -3.64. The van der Waals surface area contributed by atoms with E-state index in [1.807, 2.05) is 68.4 Å². The van der Waals surface area contributed by atoms with E-state index >= 15 is 0 Å². The molecule has 1 heterocycles. The first-order chi connectivity index (χ1) is 16.2. The van der Waals surface area contributed by atoms with Crippen molar-refractivity contribution < 1.29 is 24.2 Å². The topological polar surface area (TPSA) is 84.9 Å². The van der Waals surface area contributed by atoms with Gasteiger partial charge in [-0.3, -0.25) is 4.79 Å². The molecule has 1 unspecified atom stereocenters. The maximum atomic E-state index is 13.6. The second-order valence-corrected chi connectivity index (χ2v) is 9.39. The number of esters is 1. The van der Waals surface area contributed by atoms with Crippen LogP contribution < -0.4 is 10.1 Å². The Kier molecular flexibility index (Phi) is 6.44. The Balaban J connectivity index is 1.63. The maximum Gasteiger partial charge on any atom is 0.338 e. The fourth-order valence-electron chi connectivity index (χ4n) is 4.49. The van der Waals surface area contributed by atoms with Gasteiger partial charge in [-0.1, -0.05) is 56.3 Å². The largest absolute Gasteiger partial charge is 0.497 e.